The van der Waals surface area contributed by atoms with E-state index in [1.165, 1.54) is 0 Å². The molecular formula is C11H15Br2NO2. The van der Waals surface area contributed by atoms with Gasteiger partial charge in [-0.25, -0.2) is 0 Å². The SMILES string of the molecule is CC(NC[C@H](C)O)c1cc(Br)cc(Br)c1O. The molecule has 90 valence electrons. The summed E-state index contributed by atoms with van der Waals surface area (Å²) < 4.78 is 1.56. The molecular weight excluding hydrogens is 338 g/mol. The van der Waals surface area contributed by atoms with E-state index in [9.17, 15) is 10.2 Å². The number of halogens is 2. The average molecular weight is 353 g/mol. The molecule has 0 fully saturated rings. The Kier molecular flexibility index (Phi) is 5.24. The number of aromatic hydroxyl groups is 1. The number of nitrogens with one attached hydrogen (secondary N) is 1. The first kappa shape index (κ1) is 14.0. The number of hydrogen-bond donors (Lipinski definition) is 3. The summed E-state index contributed by atoms with van der Waals surface area (Å²) in [5, 5.41) is 22.2. The molecule has 16 heavy (non-hydrogen) atoms. The van der Waals surface area contributed by atoms with Crippen LogP contribution in [0.5, 0.6) is 5.75 Å². The Morgan fingerprint density at radius 1 is 1.31 bits per heavy atom. The highest BCUT2D eigenvalue weighted by molar-refractivity contribution is 9.11. The van der Waals surface area contributed by atoms with Gasteiger partial charge in [0, 0.05) is 22.6 Å². The smallest absolute Gasteiger partial charge is 0.134 e. The fraction of sp³-hybridized carbons (Fsp3) is 0.455. The maximum Gasteiger partial charge on any atom is 0.134 e. The molecule has 1 rings (SSSR count). The van der Waals surface area contributed by atoms with Crippen LogP contribution < -0.4 is 5.32 Å². The molecule has 1 aromatic carbocycles. The Labute approximate surface area is 112 Å². The molecule has 0 aliphatic heterocycles. The average Bonchev–Trinajstić information content (AvgIpc) is 2.19. The normalized spacial score (nSPS) is 14.8. The van der Waals surface area contributed by atoms with Crippen molar-refractivity contribution in [2.24, 2.45) is 0 Å². The van der Waals surface area contributed by atoms with Crippen molar-refractivity contribution in [3.05, 3.63) is 26.6 Å². The van der Waals surface area contributed by atoms with Crippen molar-refractivity contribution in [1.82, 2.24) is 5.32 Å². The van der Waals surface area contributed by atoms with E-state index < -0.39 is 6.10 Å². The largest absolute Gasteiger partial charge is 0.506 e. The molecule has 2 atom stereocenters. The van der Waals surface area contributed by atoms with Crippen molar-refractivity contribution in [3.8, 4) is 5.75 Å². The zero-order valence-electron chi connectivity index (χ0n) is 9.17. The summed E-state index contributed by atoms with van der Waals surface area (Å²) in [5.74, 6) is 0.230. The van der Waals surface area contributed by atoms with Crippen LogP contribution in [0.15, 0.2) is 21.1 Å². The van der Waals surface area contributed by atoms with Gasteiger partial charge in [0.2, 0.25) is 0 Å². The molecule has 5 heteroatoms. The molecule has 0 radical (unpaired) electrons. The van der Waals surface area contributed by atoms with Gasteiger partial charge in [0.15, 0.2) is 0 Å². The molecule has 0 amide bonds. The minimum Gasteiger partial charge on any atom is -0.506 e. The van der Waals surface area contributed by atoms with E-state index in [0.717, 1.165) is 10.0 Å². The molecule has 0 aliphatic carbocycles. The van der Waals surface area contributed by atoms with Crippen LogP contribution in [-0.4, -0.2) is 22.9 Å². The van der Waals surface area contributed by atoms with Gasteiger partial charge in [0.25, 0.3) is 0 Å². The number of phenols is 1. The highest BCUT2D eigenvalue weighted by Gasteiger charge is 2.14. The predicted molar refractivity (Wildman–Crippen MR) is 71.6 cm³/mol. The minimum absolute atomic E-state index is 0.0246. The summed E-state index contributed by atoms with van der Waals surface area (Å²) in [4.78, 5) is 0. The summed E-state index contributed by atoms with van der Waals surface area (Å²) in [6.45, 7) is 4.15. The number of phenolic OH excluding ortho intramolecular Hbond substituents is 1. The number of rotatable bonds is 4. The first-order valence-corrected chi connectivity index (χ1v) is 6.59. The second-order valence-corrected chi connectivity index (χ2v) is 5.57. The van der Waals surface area contributed by atoms with Crippen LogP contribution >= 0.6 is 31.9 Å². The quantitative estimate of drug-likeness (QED) is 0.780. The Balaban J connectivity index is 2.86. The number of aliphatic hydroxyl groups is 1. The Morgan fingerprint density at radius 2 is 1.94 bits per heavy atom. The molecule has 0 aromatic heterocycles. The molecule has 3 N–H and O–H groups in total. The third-order valence-corrected chi connectivity index (χ3v) is 3.31. The topological polar surface area (TPSA) is 52.5 Å². The lowest BCUT2D eigenvalue weighted by Crippen LogP contribution is -2.27. The van der Waals surface area contributed by atoms with Crippen LogP contribution in [0.2, 0.25) is 0 Å². The zero-order valence-corrected chi connectivity index (χ0v) is 12.3. The summed E-state index contributed by atoms with van der Waals surface area (Å²) in [7, 11) is 0. The van der Waals surface area contributed by atoms with Crippen LogP contribution in [0, 0.1) is 0 Å². The number of hydrogen-bond acceptors (Lipinski definition) is 3. The van der Waals surface area contributed by atoms with E-state index in [0.29, 0.717) is 11.0 Å². The van der Waals surface area contributed by atoms with E-state index >= 15 is 0 Å². The highest BCUT2D eigenvalue weighted by Crippen LogP contribution is 2.34. The van der Waals surface area contributed by atoms with Crippen molar-refractivity contribution in [2.75, 3.05) is 6.54 Å². The lowest BCUT2D eigenvalue weighted by Gasteiger charge is -2.17. The van der Waals surface area contributed by atoms with Crippen molar-refractivity contribution >= 4 is 31.9 Å². The first-order chi connectivity index (χ1) is 7.41. The van der Waals surface area contributed by atoms with E-state index in [1.54, 1.807) is 13.0 Å². The molecule has 0 saturated heterocycles. The Morgan fingerprint density at radius 3 is 2.50 bits per heavy atom. The Hall–Kier alpha value is -0.100. The molecule has 0 heterocycles. The maximum absolute atomic E-state index is 9.89. The van der Waals surface area contributed by atoms with Gasteiger partial charge in [0.1, 0.15) is 5.75 Å². The van der Waals surface area contributed by atoms with E-state index in [4.69, 9.17) is 0 Å². The van der Waals surface area contributed by atoms with Crippen LogP contribution in [-0.2, 0) is 0 Å². The fourth-order valence-electron chi connectivity index (χ4n) is 1.37. The molecule has 0 bridgehead atoms. The zero-order chi connectivity index (χ0) is 12.3. The van der Waals surface area contributed by atoms with Gasteiger partial charge in [-0.3, -0.25) is 0 Å². The maximum atomic E-state index is 9.89. The summed E-state index contributed by atoms with van der Waals surface area (Å²) in [6, 6.07) is 3.63. The van der Waals surface area contributed by atoms with E-state index in [1.807, 2.05) is 13.0 Å². The van der Waals surface area contributed by atoms with Gasteiger partial charge in [-0.2, -0.15) is 0 Å². The summed E-state index contributed by atoms with van der Waals surface area (Å²) >= 11 is 6.67. The molecule has 0 saturated carbocycles. The van der Waals surface area contributed by atoms with Crippen molar-refractivity contribution < 1.29 is 10.2 Å². The second-order valence-electron chi connectivity index (χ2n) is 3.80. The van der Waals surface area contributed by atoms with Crippen LogP contribution in [0.1, 0.15) is 25.5 Å². The minimum atomic E-state index is -0.403. The van der Waals surface area contributed by atoms with Gasteiger partial charge in [-0.1, -0.05) is 15.9 Å². The standard InChI is InChI=1S/C11H15Br2NO2/c1-6(15)5-14-7(2)9-3-8(12)4-10(13)11(9)16/h3-4,6-7,14-16H,5H2,1-2H3/t6-,7?/m0/s1. The van der Waals surface area contributed by atoms with Crippen LogP contribution in [0.4, 0.5) is 0 Å². The third kappa shape index (κ3) is 3.73. The van der Waals surface area contributed by atoms with Crippen molar-refractivity contribution in [3.63, 3.8) is 0 Å². The highest BCUT2D eigenvalue weighted by atomic mass is 79.9. The molecule has 0 spiro atoms. The molecule has 3 nitrogen and oxygen atoms in total. The van der Waals surface area contributed by atoms with Gasteiger partial charge in [-0.05, 0) is 41.9 Å². The predicted octanol–water partition coefficient (Wildman–Crippen LogP) is 2.95. The van der Waals surface area contributed by atoms with E-state index in [2.05, 4.69) is 37.2 Å². The lowest BCUT2D eigenvalue weighted by molar-refractivity contribution is 0.187. The first-order valence-electron chi connectivity index (χ1n) is 5.01. The fourth-order valence-corrected chi connectivity index (χ4v) is 2.63. The summed E-state index contributed by atoms with van der Waals surface area (Å²) in [5.41, 5.74) is 0.793. The van der Waals surface area contributed by atoms with Gasteiger partial charge in [-0.15, -0.1) is 0 Å². The van der Waals surface area contributed by atoms with Crippen LogP contribution in [0.25, 0.3) is 0 Å². The van der Waals surface area contributed by atoms with Gasteiger partial charge < -0.3 is 15.5 Å². The monoisotopic (exact) mass is 351 g/mol. The van der Waals surface area contributed by atoms with Crippen molar-refractivity contribution in [1.29, 1.82) is 0 Å². The molecule has 1 unspecified atom stereocenters. The third-order valence-electron chi connectivity index (χ3n) is 2.24. The molecule has 0 aliphatic rings. The lowest BCUT2D eigenvalue weighted by atomic mass is 10.1. The van der Waals surface area contributed by atoms with Crippen molar-refractivity contribution in [2.45, 2.75) is 26.0 Å². The Bertz CT molecular complexity index is 369. The van der Waals surface area contributed by atoms with Crippen LogP contribution in [0.3, 0.4) is 0 Å². The number of benzene rings is 1. The van der Waals surface area contributed by atoms with E-state index in [-0.39, 0.29) is 11.8 Å². The number of aliphatic hydroxyl groups excluding tert-OH is 1. The second kappa shape index (κ2) is 6.00. The summed E-state index contributed by atoms with van der Waals surface area (Å²) in [6.07, 6.45) is -0.403. The van der Waals surface area contributed by atoms with Gasteiger partial charge >= 0.3 is 0 Å². The molecule has 1 aromatic rings. The van der Waals surface area contributed by atoms with Gasteiger partial charge in [0.05, 0.1) is 10.6 Å².